The van der Waals surface area contributed by atoms with Gasteiger partial charge in [0.25, 0.3) is 0 Å². The van der Waals surface area contributed by atoms with Crippen LogP contribution in [0, 0.1) is 0 Å². The molecule has 0 fully saturated rings. The molecule has 0 aliphatic carbocycles. The Hall–Kier alpha value is -1.92. The van der Waals surface area contributed by atoms with E-state index < -0.39 is 12.1 Å². The number of ether oxygens (including phenoxy) is 1. The van der Waals surface area contributed by atoms with Crippen molar-refractivity contribution in [3.8, 4) is 0 Å². The lowest BCUT2D eigenvalue weighted by Crippen LogP contribution is -2.45. The van der Waals surface area contributed by atoms with Crippen molar-refractivity contribution in [2.75, 3.05) is 13.2 Å². The molecule has 3 N–H and O–H groups in total. The minimum atomic E-state index is -0.670. The molecular weight excluding hydrogens is 875 g/mol. The van der Waals surface area contributed by atoms with Gasteiger partial charge < -0.3 is 20.3 Å². The van der Waals surface area contributed by atoms with E-state index in [0.29, 0.717) is 25.9 Å². The topological polar surface area (TPSA) is 95.9 Å². The number of esters is 1. The van der Waals surface area contributed by atoms with Gasteiger partial charge in [0.2, 0.25) is 5.91 Å². The molecule has 0 spiro atoms. The van der Waals surface area contributed by atoms with Gasteiger partial charge in [-0.2, -0.15) is 0 Å². The van der Waals surface area contributed by atoms with Crippen molar-refractivity contribution in [2.45, 2.75) is 353 Å². The zero-order valence-corrected chi connectivity index (χ0v) is 47.7. The zero-order chi connectivity index (χ0) is 51.4. The van der Waals surface area contributed by atoms with Crippen LogP contribution in [-0.4, -0.2) is 47.4 Å². The van der Waals surface area contributed by atoms with Gasteiger partial charge in [-0.1, -0.05) is 281 Å². The van der Waals surface area contributed by atoms with Gasteiger partial charge in [-0.15, -0.1) is 0 Å². The highest BCUT2D eigenvalue weighted by atomic mass is 16.5. The molecular formula is C65H123NO5. The first-order chi connectivity index (χ1) is 35.0. The van der Waals surface area contributed by atoms with E-state index in [9.17, 15) is 19.8 Å². The smallest absolute Gasteiger partial charge is 0.305 e. The number of aliphatic hydroxyl groups excluding tert-OH is 2. The number of hydrogen-bond acceptors (Lipinski definition) is 5. The second-order valence-electron chi connectivity index (χ2n) is 21.7. The van der Waals surface area contributed by atoms with Crippen LogP contribution in [0.4, 0.5) is 0 Å². The fourth-order valence-electron chi connectivity index (χ4n) is 9.78. The molecule has 418 valence electrons. The van der Waals surface area contributed by atoms with E-state index in [2.05, 4.69) is 55.6 Å². The van der Waals surface area contributed by atoms with E-state index in [1.54, 1.807) is 0 Å². The first-order valence-electron chi connectivity index (χ1n) is 31.7. The molecule has 0 aromatic carbocycles. The monoisotopic (exact) mass is 998 g/mol. The minimum absolute atomic E-state index is 0.00555. The van der Waals surface area contributed by atoms with Crippen molar-refractivity contribution in [1.82, 2.24) is 5.32 Å². The summed E-state index contributed by atoms with van der Waals surface area (Å²) in [5, 5.41) is 23.3. The fraction of sp³-hybridized carbons (Fsp3) is 0.877. The third kappa shape index (κ3) is 57.2. The quantitative estimate of drug-likeness (QED) is 0.0321. The summed E-state index contributed by atoms with van der Waals surface area (Å²) in [7, 11) is 0. The van der Waals surface area contributed by atoms with Gasteiger partial charge in [-0.25, -0.2) is 0 Å². The molecule has 71 heavy (non-hydrogen) atoms. The maximum absolute atomic E-state index is 12.5. The SMILES string of the molecule is CCCCC/C=C\C/C=C\CCCCCCCC(=O)OCCCCCCCCCCCC/C=C\CCCCCCCCCC(=O)NC(CO)C(O)CCCCCCCCCCCCCCCCCCCC. The predicted molar refractivity (Wildman–Crippen MR) is 310 cm³/mol. The standard InChI is InChI=1S/C65H123NO5/c1-3-5-7-9-11-13-15-17-19-20-26-30-33-37-41-45-49-53-57-63(68)62(61-67)66-64(69)58-54-50-46-42-38-34-31-27-24-22-21-23-25-28-32-36-40-44-48-52-56-60-71-65(70)59-55-51-47-43-39-35-29-18-16-14-12-10-8-6-4-2/h12,14,18,22,24,29,62-63,67-68H,3-11,13,15-17,19-21,23,25-28,30-61H2,1-2H3,(H,66,69)/b14-12-,24-22-,29-18-. The van der Waals surface area contributed by atoms with Gasteiger partial charge in [0.15, 0.2) is 0 Å². The first kappa shape index (κ1) is 69.1. The third-order valence-corrected chi connectivity index (χ3v) is 14.7. The second kappa shape index (κ2) is 60.6. The van der Waals surface area contributed by atoms with Crippen LogP contribution in [0.1, 0.15) is 341 Å². The number of unbranched alkanes of at least 4 members (excludes halogenated alkanes) is 42. The maximum Gasteiger partial charge on any atom is 0.305 e. The summed E-state index contributed by atoms with van der Waals surface area (Å²) >= 11 is 0. The van der Waals surface area contributed by atoms with Crippen molar-refractivity contribution >= 4 is 11.9 Å². The Morgan fingerprint density at radius 2 is 0.704 bits per heavy atom. The highest BCUT2D eigenvalue weighted by molar-refractivity contribution is 5.76. The zero-order valence-electron chi connectivity index (χ0n) is 47.7. The maximum atomic E-state index is 12.5. The molecule has 6 heteroatoms. The van der Waals surface area contributed by atoms with E-state index in [1.807, 2.05) is 0 Å². The molecule has 0 aromatic rings. The number of carbonyl (C=O) groups excluding carboxylic acids is 2. The van der Waals surface area contributed by atoms with Gasteiger partial charge in [0, 0.05) is 12.8 Å². The molecule has 0 aliphatic rings. The summed E-state index contributed by atoms with van der Waals surface area (Å²) in [6, 6.07) is -0.548. The summed E-state index contributed by atoms with van der Waals surface area (Å²) < 4.78 is 5.47. The molecule has 0 aromatic heterocycles. The number of rotatable bonds is 59. The Balaban J connectivity index is 3.43. The van der Waals surface area contributed by atoms with Gasteiger partial charge >= 0.3 is 5.97 Å². The Bertz CT molecular complexity index is 1150. The average Bonchev–Trinajstić information content (AvgIpc) is 3.37. The Kier molecular flexibility index (Phi) is 59.0. The van der Waals surface area contributed by atoms with Crippen LogP contribution in [0.3, 0.4) is 0 Å². The third-order valence-electron chi connectivity index (χ3n) is 14.7. The lowest BCUT2D eigenvalue weighted by Gasteiger charge is -2.22. The number of aliphatic hydroxyl groups is 2. The Morgan fingerprint density at radius 3 is 1.11 bits per heavy atom. The predicted octanol–water partition coefficient (Wildman–Crippen LogP) is 20.0. The second-order valence-corrected chi connectivity index (χ2v) is 21.7. The normalized spacial score (nSPS) is 12.8. The largest absolute Gasteiger partial charge is 0.466 e. The summed E-state index contributed by atoms with van der Waals surface area (Å²) in [6.07, 6.45) is 75.8. The molecule has 0 rings (SSSR count). The summed E-state index contributed by atoms with van der Waals surface area (Å²) in [4.78, 5) is 24.6. The summed E-state index contributed by atoms with van der Waals surface area (Å²) in [5.74, 6) is -0.0462. The molecule has 0 bridgehead atoms. The minimum Gasteiger partial charge on any atom is -0.466 e. The molecule has 6 nitrogen and oxygen atoms in total. The number of amides is 1. The van der Waals surface area contributed by atoms with Crippen molar-refractivity contribution in [3.05, 3.63) is 36.5 Å². The first-order valence-corrected chi connectivity index (χ1v) is 31.7. The van der Waals surface area contributed by atoms with Gasteiger partial charge in [-0.05, 0) is 83.5 Å². The average molecular weight is 999 g/mol. The summed E-state index contributed by atoms with van der Waals surface area (Å²) in [6.45, 7) is 4.93. The van der Waals surface area contributed by atoms with E-state index in [-0.39, 0.29) is 18.5 Å². The number of hydrogen-bond donors (Lipinski definition) is 3. The van der Waals surface area contributed by atoms with E-state index >= 15 is 0 Å². The van der Waals surface area contributed by atoms with Gasteiger partial charge in [0.1, 0.15) is 0 Å². The lowest BCUT2D eigenvalue weighted by molar-refractivity contribution is -0.143. The lowest BCUT2D eigenvalue weighted by atomic mass is 10.0. The van der Waals surface area contributed by atoms with Crippen molar-refractivity contribution in [1.29, 1.82) is 0 Å². The highest BCUT2D eigenvalue weighted by Gasteiger charge is 2.20. The molecule has 0 radical (unpaired) electrons. The van der Waals surface area contributed by atoms with Gasteiger partial charge in [0.05, 0.1) is 25.4 Å². The molecule has 2 unspecified atom stereocenters. The van der Waals surface area contributed by atoms with Crippen LogP contribution in [0.2, 0.25) is 0 Å². The molecule has 0 heterocycles. The van der Waals surface area contributed by atoms with Crippen LogP contribution < -0.4 is 5.32 Å². The van der Waals surface area contributed by atoms with Crippen LogP contribution in [0.25, 0.3) is 0 Å². The number of allylic oxidation sites excluding steroid dienone is 6. The van der Waals surface area contributed by atoms with Crippen molar-refractivity contribution < 1.29 is 24.5 Å². The Labute approximate surface area is 443 Å². The fourth-order valence-corrected chi connectivity index (χ4v) is 9.78. The van der Waals surface area contributed by atoms with Gasteiger partial charge in [-0.3, -0.25) is 9.59 Å². The molecule has 1 amide bonds. The molecule has 2 atom stereocenters. The van der Waals surface area contributed by atoms with E-state index in [4.69, 9.17) is 4.74 Å². The molecule has 0 saturated heterocycles. The van der Waals surface area contributed by atoms with Crippen molar-refractivity contribution in [3.63, 3.8) is 0 Å². The highest BCUT2D eigenvalue weighted by Crippen LogP contribution is 2.17. The van der Waals surface area contributed by atoms with E-state index in [1.165, 1.54) is 257 Å². The summed E-state index contributed by atoms with van der Waals surface area (Å²) in [5.41, 5.74) is 0. The van der Waals surface area contributed by atoms with Crippen molar-refractivity contribution in [2.24, 2.45) is 0 Å². The Morgan fingerprint density at radius 1 is 0.394 bits per heavy atom. The van der Waals surface area contributed by atoms with Crippen LogP contribution in [0.15, 0.2) is 36.5 Å². The van der Waals surface area contributed by atoms with Crippen LogP contribution in [0.5, 0.6) is 0 Å². The molecule has 0 aliphatic heterocycles. The van der Waals surface area contributed by atoms with Crippen LogP contribution in [-0.2, 0) is 14.3 Å². The number of carbonyl (C=O) groups is 2. The van der Waals surface area contributed by atoms with Crippen LogP contribution >= 0.6 is 0 Å². The van der Waals surface area contributed by atoms with E-state index in [0.717, 1.165) is 51.4 Å². The number of nitrogens with one attached hydrogen (secondary N) is 1. The molecule has 0 saturated carbocycles.